The number of hydrogen-bond acceptors (Lipinski definition) is 9. The predicted molar refractivity (Wildman–Crippen MR) is 104 cm³/mol. The van der Waals surface area contributed by atoms with E-state index in [0.717, 1.165) is 0 Å². The van der Waals surface area contributed by atoms with Gasteiger partial charge in [0.2, 0.25) is 0 Å². The summed E-state index contributed by atoms with van der Waals surface area (Å²) < 4.78 is 13.7. The van der Waals surface area contributed by atoms with Crippen LogP contribution in [0.1, 0.15) is 20.8 Å². The Labute approximate surface area is 161 Å². The van der Waals surface area contributed by atoms with E-state index in [-0.39, 0.29) is 19.8 Å². The van der Waals surface area contributed by atoms with Crippen LogP contribution in [0.2, 0.25) is 0 Å². The van der Waals surface area contributed by atoms with Gasteiger partial charge in [0.05, 0.1) is 0 Å². The molecule has 0 bridgehead atoms. The van der Waals surface area contributed by atoms with Crippen molar-refractivity contribution < 1.29 is 28.6 Å². The molecule has 0 spiro atoms. The Morgan fingerprint density at radius 1 is 0.667 bits per heavy atom. The van der Waals surface area contributed by atoms with Crippen LogP contribution in [0.4, 0.5) is 0 Å². The molecule has 3 unspecified atom stereocenters. The SMILES string of the molecule is C=CCOC(=O)C(C)N.C=CCOC(=O)C(C)N.C=CCOC(=O)C(C)N. The summed E-state index contributed by atoms with van der Waals surface area (Å²) in [5, 5.41) is 0. The van der Waals surface area contributed by atoms with Gasteiger partial charge in [-0.25, -0.2) is 0 Å². The minimum Gasteiger partial charge on any atom is -0.460 e. The Kier molecular flexibility index (Phi) is 21.5. The predicted octanol–water partition coefficient (Wildman–Crippen LogP) is 0.188. The first-order chi connectivity index (χ1) is 12.5. The maximum Gasteiger partial charge on any atom is 0.322 e. The summed E-state index contributed by atoms with van der Waals surface area (Å²) in [7, 11) is 0. The molecule has 9 heteroatoms. The lowest BCUT2D eigenvalue weighted by atomic mass is 10.4. The van der Waals surface area contributed by atoms with E-state index in [2.05, 4.69) is 33.9 Å². The highest BCUT2D eigenvalue weighted by atomic mass is 16.5. The summed E-state index contributed by atoms with van der Waals surface area (Å²) in [6, 6.07) is -1.61. The van der Waals surface area contributed by atoms with Gasteiger partial charge in [0, 0.05) is 0 Å². The summed E-state index contributed by atoms with van der Waals surface area (Å²) in [5.41, 5.74) is 15.5. The van der Waals surface area contributed by atoms with Crippen molar-refractivity contribution in [1.82, 2.24) is 0 Å². The van der Waals surface area contributed by atoms with E-state index in [4.69, 9.17) is 17.2 Å². The van der Waals surface area contributed by atoms with Gasteiger partial charge in [-0.15, -0.1) is 0 Å². The van der Waals surface area contributed by atoms with Gasteiger partial charge in [0.15, 0.2) is 0 Å². The van der Waals surface area contributed by atoms with Crippen molar-refractivity contribution in [2.75, 3.05) is 19.8 Å². The first-order valence-corrected chi connectivity index (χ1v) is 8.14. The lowest BCUT2D eigenvalue weighted by Crippen LogP contribution is -2.28. The van der Waals surface area contributed by atoms with Crippen LogP contribution in [0.5, 0.6) is 0 Å². The molecule has 0 rings (SSSR count). The zero-order valence-electron chi connectivity index (χ0n) is 16.4. The molecule has 0 aromatic heterocycles. The third-order valence-electron chi connectivity index (χ3n) is 2.15. The van der Waals surface area contributed by atoms with E-state index in [0.29, 0.717) is 0 Å². The van der Waals surface area contributed by atoms with Crippen molar-refractivity contribution in [3.8, 4) is 0 Å². The number of ether oxygens (including phenoxy) is 3. The number of esters is 3. The summed E-state index contributed by atoms with van der Waals surface area (Å²) in [4.78, 5) is 31.5. The molecular weight excluding hydrogens is 354 g/mol. The molecule has 3 atom stereocenters. The van der Waals surface area contributed by atoms with Gasteiger partial charge in [-0.1, -0.05) is 38.0 Å². The van der Waals surface area contributed by atoms with E-state index < -0.39 is 36.0 Å². The second-order valence-electron chi connectivity index (χ2n) is 5.12. The van der Waals surface area contributed by atoms with E-state index >= 15 is 0 Å². The van der Waals surface area contributed by atoms with Crippen molar-refractivity contribution in [2.24, 2.45) is 17.2 Å². The van der Waals surface area contributed by atoms with Crippen LogP contribution in [0, 0.1) is 0 Å². The molecule has 156 valence electrons. The first kappa shape index (κ1) is 29.3. The Morgan fingerprint density at radius 2 is 0.852 bits per heavy atom. The molecule has 27 heavy (non-hydrogen) atoms. The number of carbonyl (C=O) groups excluding carboxylic acids is 3. The summed E-state index contributed by atoms with van der Waals surface area (Å²) in [6.07, 6.45) is 4.50. The van der Waals surface area contributed by atoms with Gasteiger partial charge in [0.1, 0.15) is 37.9 Å². The topological polar surface area (TPSA) is 157 Å². The minimum atomic E-state index is -0.537. The van der Waals surface area contributed by atoms with E-state index in [9.17, 15) is 14.4 Å². The quantitative estimate of drug-likeness (QED) is 0.285. The molecule has 0 aliphatic carbocycles. The van der Waals surface area contributed by atoms with E-state index in [1.165, 1.54) is 18.2 Å². The minimum absolute atomic E-state index is 0.236. The molecule has 0 aromatic carbocycles. The van der Waals surface area contributed by atoms with Crippen LogP contribution in [-0.2, 0) is 28.6 Å². The molecule has 0 amide bonds. The van der Waals surface area contributed by atoms with Gasteiger partial charge in [-0.05, 0) is 20.8 Å². The monoisotopic (exact) mass is 387 g/mol. The Balaban J connectivity index is -0.000000320. The van der Waals surface area contributed by atoms with Gasteiger partial charge in [0.25, 0.3) is 0 Å². The zero-order chi connectivity index (χ0) is 21.8. The number of hydrogen-bond donors (Lipinski definition) is 3. The summed E-state index contributed by atoms with van der Waals surface area (Å²) in [6.45, 7) is 15.6. The van der Waals surface area contributed by atoms with Crippen molar-refractivity contribution in [1.29, 1.82) is 0 Å². The zero-order valence-corrected chi connectivity index (χ0v) is 16.4. The number of rotatable bonds is 9. The average molecular weight is 387 g/mol. The largest absolute Gasteiger partial charge is 0.460 e. The van der Waals surface area contributed by atoms with Gasteiger partial charge in [-0.2, -0.15) is 0 Å². The van der Waals surface area contributed by atoms with Crippen molar-refractivity contribution in [3.63, 3.8) is 0 Å². The summed E-state index contributed by atoms with van der Waals surface area (Å²) >= 11 is 0. The number of nitrogens with two attached hydrogens (primary N) is 3. The van der Waals surface area contributed by atoms with Crippen LogP contribution in [0.15, 0.2) is 38.0 Å². The molecule has 0 aliphatic heterocycles. The second-order valence-corrected chi connectivity index (χ2v) is 5.12. The van der Waals surface area contributed by atoms with Crippen molar-refractivity contribution >= 4 is 17.9 Å². The van der Waals surface area contributed by atoms with Crippen LogP contribution in [0.3, 0.4) is 0 Å². The molecule has 0 saturated heterocycles. The lowest BCUT2D eigenvalue weighted by Gasteiger charge is -2.02. The fraction of sp³-hybridized carbons (Fsp3) is 0.500. The lowest BCUT2D eigenvalue weighted by molar-refractivity contribution is -0.144. The van der Waals surface area contributed by atoms with Crippen molar-refractivity contribution in [2.45, 2.75) is 38.9 Å². The van der Waals surface area contributed by atoms with Crippen LogP contribution >= 0.6 is 0 Å². The normalized spacial score (nSPS) is 12.2. The van der Waals surface area contributed by atoms with Crippen LogP contribution < -0.4 is 17.2 Å². The standard InChI is InChI=1S/3C6H11NO2/c3*1-3-4-9-6(8)5(2)7/h3*3,5H,1,4,7H2,2H3. The van der Waals surface area contributed by atoms with E-state index in [1.54, 1.807) is 20.8 Å². The molecule has 0 aromatic rings. The molecule has 0 saturated carbocycles. The molecule has 9 nitrogen and oxygen atoms in total. The van der Waals surface area contributed by atoms with Gasteiger partial charge in [-0.3, -0.25) is 14.4 Å². The fourth-order valence-electron chi connectivity index (χ4n) is 0.818. The second kappa shape index (κ2) is 19.8. The van der Waals surface area contributed by atoms with Gasteiger partial charge < -0.3 is 31.4 Å². The Morgan fingerprint density at radius 3 is 0.963 bits per heavy atom. The first-order valence-electron chi connectivity index (χ1n) is 8.14. The number of carbonyl (C=O) groups is 3. The molecular formula is C18H33N3O6. The Bertz CT molecular complexity index is 395. The highest BCUT2D eigenvalue weighted by molar-refractivity contribution is 5.75. The average Bonchev–Trinajstić information content (AvgIpc) is 2.62. The molecule has 0 fully saturated rings. The molecule has 0 aliphatic rings. The maximum atomic E-state index is 10.5. The Hall–Kier alpha value is -2.49. The highest BCUT2D eigenvalue weighted by Crippen LogP contribution is 1.84. The molecule has 0 radical (unpaired) electrons. The van der Waals surface area contributed by atoms with Crippen LogP contribution in [-0.4, -0.2) is 55.9 Å². The van der Waals surface area contributed by atoms with Crippen LogP contribution in [0.25, 0.3) is 0 Å². The smallest absolute Gasteiger partial charge is 0.322 e. The molecule has 6 N–H and O–H groups in total. The fourth-order valence-corrected chi connectivity index (χ4v) is 0.818. The summed E-state index contributed by atoms with van der Waals surface area (Å²) in [5.74, 6) is -1.18. The van der Waals surface area contributed by atoms with Crippen molar-refractivity contribution in [3.05, 3.63) is 38.0 Å². The van der Waals surface area contributed by atoms with E-state index in [1.807, 2.05) is 0 Å². The third-order valence-corrected chi connectivity index (χ3v) is 2.15. The maximum absolute atomic E-state index is 10.5. The third kappa shape index (κ3) is 23.5. The molecule has 0 heterocycles. The van der Waals surface area contributed by atoms with Gasteiger partial charge >= 0.3 is 17.9 Å². The highest BCUT2D eigenvalue weighted by Gasteiger charge is 2.07.